The van der Waals surface area contributed by atoms with Crippen LogP contribution in [-0.4, -0.2) is 70.3 Å². The molecule has 2 unspecified atom stereocenters. The van der Waals surface area contributed by atoms with Crippen LogP contribution in [0.1, 0.15) is 23.6 Å². The van der Waals surface area contributed by atoms with E-state index in [1.807, 2.05) is 25.2 Å². The van der Waals surface area contributed by atoms with Crippen molar-refractivity contribution in [3.8, 4) is 5.75 Å². The summed E-state index contributed by atoms with van der Waals surface area (Å²) in [7, 11) is 7.77. The summed E-state index contributed by atoms with van der Waals surface area (Å²) in [5.41, 5.74) is 2.40. The first-order chi connectivity index (χ1) is 15.1. The summed E-state index contributed by atoms with van der Waals surface area (Å²) in [5, 5.41) is 3.58. The van der Waals surface area contributed by atoms with E-state index < -0.39 is 0 Å². The number of nitrogens with one attached hydrogen (secondary N) is 1. The van der Waals surface area contributed by atoms with Crippen LogP contribution in [-0.2, 0) is 11.3 Å². The minimum absolute atomic E-state index is 0.181. The van der Waals surface area contributed by atoms with Gasteiger partial charge in [0, 0.05) is 38.2 Å². The SMILES string of the molecule is CN=C(NCC(c1ccccc1OC)N(C)C)N1CCC(COCc2ccccc2)C1. The Kier molecular flexibility index (Phi) is 8.74. The molecule has 0 aromatic heterocycles. The number of para-hydroxylation sites is 1. The minimum atomic E-state index is 0.181. The zero-order valence-corrected chi connectivity index (χ0v) is 19.3. The van der Waals surface area contributed by atoms with Gasteiger partial charge in [0.25, 0.3) is 0 Å². The Morgan fingerprint density at radius 2 is 1.90 bits per heavy atom. The van der Waals surface area contributed by atoms with Crippen LogP contribution in [0, 0.1) is 5.92 Å². The maximum absolute atomic E-state index is 5.97. The molecule has 1 aliphatic heterocycles. The van der Waals surface area contributed by atoms with Gasteiger partial charge in [0.1, 0.15) is 5.75 Å². The standard InChI is InChI=1S/C25H36N4O2/c1-26-25(27-16-23(28(2)3)22-12-8-9-13-24(22)30-4)29-15-14-21(17-29)19-31-18-20-10-6-5-7-11-20/h5-13,21,23H,14-19H2,1-4H3,(H,26,27). The van der Waals surface area contributed by atoms with Gasteiger partial charge >= 0.3 is 0 Å². The summed E-state index contributed by atoms with van der Waals surface area (Å²) in [6.07, 6.45) is 1.12. The van der Waals surface area contributed by atoms with E-state index in [4.69, 9.17) is 9.47 Å². The Hall–Kier alpha value is -2.57. The number of rotatable bonds is 9. The molecule has 0 saturated carbocycles. The maximum atomic E-state index is 5.97. The molecular formula is C25H36N4O2. The Morgan fingerprint density at radius 1 is 1.16 bits per heavy atom. The van der Waals surface area contributed by atoms with Gasteiger partial charge in [-0.05, 0) is 32.1 Å². The number of aliphatic imine (C=N–C) groups is 1. The lowest BCUT2D eigenvalue weighted by Gasteiger charge is -2.29. The number of ether oxygens (including phenoxy) is 2. The first-order valence-corrected chi connectivity index (χ1v) is 11.0. The number of hydrogen-bond donors (Lipinski definition) is 1. The van der Waals surface area contributed by atoms with Crippen molar-refractivity contribution >= 4 is 5.96 Å². The van der Waals surface area contributed by atoms with Gasteiger partial charge < -0.3 is 24.6 Å². The van der Waals surface area contributed by atoms with Crippen LogP contribution in [0.4, 0.5) is 0 Å². The van der Waals surface area contributed by atoms with Crippen molar-refractivity contribution in [2.24, 2.45) is 10.9 Å². The van der Waals surface area contributed by atoms with Crippen molar-refractivity contribution in [2.75, 3.05) is 54.5 Å². The monoisotopic (exact) mass is 424 g/mol. The predicted molar refractivity (Wildman–Crippen MR) is 127 cm³/mol. The van der Waals surface area contributed by atoms with Gasteiger partial charge in [0.05, 0.1) is 26.4 Å². The maximum Gasteiger partial charge on any atom is 0.193 e. The molecule has 2 aromatic carbocycles. The van der Waals surface area contributed by atoms with E-state index in [1.54, 1.807) is 7.11 Å². The Morgan fingerprint density at radius 3 is 2.61 bits per heavy atom. The molecule has 6 heteroatoms. The van der Waals surface area contributed by atoms with Gasteiger partial charge in [-0.3, -0.25) is 4.99 Å². The molecule has 6 nitrogen and oxygen atoms in total. The highest BCUT2D eigenvalue weighted by Crippen LogP contribution is 2.27. The Bertz CT molecular complexity index is 825. The van der Waals surface area contributed by atoms with E-state index in [0.29, 0.717) is 12.5 Å². The number of methoxy groups -OCH3 is 1. The molecule has 1 heterocycles. The fourth-order valence-corrected chi connectivity index (χ4v) is 4.11. The lowest BCUT2D eigenvalue weighted by Crippen LogP contribution is -2.43. The van der Waals surface area contributed by atoms with Gasteiger partial charge in [-0.1, -0.05) is 48.5 Å². The summed E-state index contributed by atoms with van der Waals surface area (Å²) >= 11 is 0. The number of benzene rings is 2. The molecular weight excluding hydrogens is 388 g/mol. The van der Waals surface area contributed by atoms with Crippen LogP contribution in [0.3, 0.4) is 0 Å². The molecule has 0 aliphatic carbocycles. The first kappa shape index (κ1) is 23.1. The van der Waals surface area contributed by atoms with Crippen LogP contribution < -0.4 is 10.1 Å². The normalized spacial score (nSPS) is 17.8. The molecule has 2 atom stereocenters. The van der Waals surface area contributed by atoms with Gasteiger partial charge in [-0.15, -0.1) is 0 Å². The van der Waals surface area contributed by atoms with Gasteiger partial charge in [0.15, 0.2) is 5.96 Å². The van der Waals surface area contributed by atoms with Crippen LogP contribution in [0.2, 0.25) is 0 Å². The summed E-state index contributed by atoms with van der Waals surface area (Å²) in [6.45, 7) is 4.18. The van der Waals surface area contributed by atoms with E-state index in [1.165, 1.54) is 11.1 Å². The van der Waals surface area contributed by atoms with Crippen molar-refractivity contribution < 1.29 is 9.47 Å². The van der Waals surface area contributed by atoms with Crippen molar-refractivity contribution in [3.63, 3.8) is 0 Å². The molecule has 168 valence electrons. The fourth-order valence-electron chi connectivity index (χ4n) is 4.11. The van der Waals surface area contributed by atoms with Crippen molar-refractivity contribution in [1.82, 2.24) is 15.1 Å². The molecule has 31 heavy (non-hydrogen) atoms. The van der Waals surface area contributed by atoms with Crippen molar-refractivity contribution in [2.45, 2.75) is 19.1 Å². The lowest BCUT2D eigenvalue weighted by molar-refractivity contribution is 0.0906. The van der Waals surface area contributed by atoms with Crippen molar-refractivity contribution in [3.05, 3.63) is 65.7 Å². The Balaban J connectivity index is 1.51. The fraction of sp³-hybridized carbons (Fsp3) is 0.480. The third kappa shape index (κ3) is 6.45. The lowest BCUT2D eigenvalue weighted by atomic mass is 10.0. The number of nitrogens with zero attached hydrogens (tertiary/aromatic N) is 3. The second kappa shape index (κ2) is 11.7. The molecule has 2 aromatic rings. The van der Waals surface area contributed by atoms with Gasteiger partial charge in [-0.25, -0.2) is 0 Å². The second-order valence-electron chi connectivity index (χ2n) is 8.25. The minimum Gasteiger partial charge on any atom is -0.496 e. The zero-order chi connectivity index (χ0) is 22.1. The van der Waals surface area contributed by atoms with E-state index in [0.717, 1.165) is 44.4 Å². The van der Waals surface area contributed by atoms with E-state index in [-0.39, 0.29) is 6.04 Å². The van der Waals surface area contributed by atoms with Crippen LogP contribution >= 0.6 is 0 Å². The highest BCUT2D eigenvalue weighted by molar-refractivity contribution is 5.80. The molecule has 1 N–H and O–H groups in total. The van der Waals surface area contributed by atoms with Gasteiger partial charge in [-0.2, -0.15) is 0 Å². The smallest absolute Gasteiger partial charge is 0.193 e. The number of likely N-dealkylation sites (N-methyl/N-ethyl adjacent to an activating group) is 1. The average molecular weight is 425 g/mol. The van der Waals surface area contributed by atoms with Crippen LogP contribution in [0.5, 0.6) is 5.75 Å². The quantitative estimate of drug-likeness (QED) is 0.494. The first-order valence-electron chi connectivity index (χ1n) is 11.0. The predicted octanol–water partition coefficient (Wildman–Crippen LogP) is 3.41. The number of guanidine groups is 1. The van der Waals surface area contributed by atoms with Crippen LogP contribution in [0.25, 0.3) is 0 Å². The zero-order valence-electron chi connectivity index (χ0n) is 19.3. The molecule has 1 saturated heterocycles. The van der Waals surface area contributed by atoms with E-state index >= 15 is 0 Å². The third-order valence-electron chi connectivity index (χ3n) is 5.84. The van der Waals surface area contributed by atoms with E-state index in [2.05, 4.69) is 70.6 Å². The summed E-state index contributed by atoms with van der Waals surface area (Å²) < 4.78 is 11.6. The van der Waals surface area contributed by atoms with Gasteiger partial charge in [0.2, 0.25) is 0 Å². The third-order valence-corrected chi connectivity index (χ3v) is 5.84. The van der Waals surface area contributed by atoms with Crippen molar-refractivity contribution in [1.29, 1.82) is 0 Å². The topological polar surface area (TPSA) is 49.3 Å². The molecule has 0 radical (unpaired) electrons. The Labute approximate surface area is 186 Å². The molecule has 3 rings (SSSR count). The average Bonchev–Trinajstić information content (AvgIpc) is 3.26. The summed E-state index contributed by atoms with van der Waals surface area (Å²) in [6, 6.07) is 18.7. The number of likely N-dealkylation sites (tertiary alicyclic amines) is 1. The second-order valence-corrected chi connectivity index (χ2v) is 8.25. The number of hydrogen-bond acceptors (Lipinski definition) is 4. The highest BCUT2D eigenvalue weighted by Gasteiger charge is 2.26. The molecule has 0 bridgehead atoms. The summed E-state index contributed by atoms with van der Waals surface area (Å²) in [5.74, 6) is 2.39. The van der Waals surface area contributed by atoms with E-state index in [9.17, 15) is 0 Å². The largest absolute Gasteiger partial charge is 0.496 e. The molecule has 1 fully saturated rings. The molecule has 1 aliphatic rings. The van der Waals surface area contributed by atoms with Crippen LogP contribution in [0.15, 0.2) is 59.6 Å². The molecule has 0 amide bonds. The summed E-state index contributed by atoms with van der Waals surface area (Å²) in [4.78, 5) is 9.09. The highest BCUT2D eigenvalue weighted by atomic mass is 16.5. The molecule has 0 spiro atoms.